The van der Waals surface area contributed by atoms with Gasteiger partial charge in [-0.3, -0.25) is 0 Å². The van der Waals surface area contributed by atoms with Crippen molar-refractivity contribution in [1.82, 2.24) is 0 Å². The van der Waals surface area contributed by atoms with Gasteiger partial charge in [-0.25, -0.2) is 9.79 Å². The second kappa shape index (κ2) is 8.87. The highest BCUT2D eigenvalue weighted by atomic mass is 32.2. The van der Waals surface area contributed by atoms with Crippen molar-refractivity contribution >= 4 is 34.5 Å². The van der Waals surface area contributed by atoms with Crippen LogP contribution in [0.4, 0.5) is 5.69 Å². The number of aryl methyl sites for hydroxylation is 1. The van der Waals surface area contributed by atoms with Crippen LogP contribution < -0.4 is 4.74 Å². The van der Waals surface area contributed by atoms with E-state index in [1.807, 2.05) is 6.92 Å². The lowest BCUT2D eigenvalue weighted by molar-refractivity contribution is -0.135. The number of nitrogens with zero attached hydrogens (tertiary/aromatic N) is 1. The summed E-state index contributed by atoms with van der Waals surface area (Å²) in [6, 6.07) is 12.2. The molecule has 0 aromatic heterocycles. The fraction of sp³-hybridized carbons (Fsp3) is 0.182. The van der Waals surface area contributed by atoms with Crippen molar-refractivity contribution in [2.24, 2.45) is 4.99 Å². The van der Waals surface area contributed by atoms with Crippen LogP contribution in [-0.4, -0.2) is 34.9 Å². The summed E-state index contributed by atoms with van der Waals surface area (Å²) < 4.78 is 10.2. The molecule has 0 bridgehead atoms. The zero-order chi connectivity index (χ0) is 21.0. The Hall–Kier alpha value is -3.19. The molecule has 2 aromatic carbocycles. The maximum absolute atomic E-state index is 12.2. The second-order valence-electron chi connectivity index (χ2n) is 6.22. The van der Waals surface area contributed by atoms with Gasteiger partial charge in [-0.05, 0) is 67.4 Å². The summed E-state index contributed by atoms with van der Waals surface area (Å²) in [5.41, 5.74) is 2.13. The zero-order valence-electron chi connectivity index (χ0n) is 16.3. The molecule has 150 valence electrons. The summed E-state index contributed by atoms with van der Waals surface area (Å²) in [5.74, 6) is 0.0756. The minimum Gasteiger partial charge on any atom is -0.508 e. The molecule has 2 aromatic rings. The van der Waals surface area contributed by atoms with Gasteiger partial charge in [0.1, 0.15) is 27.9 Å². The van der Waals surface area contributed by atoms with E-state index in [4.69, 9.17) is 9.47 Å². The van der Waals surface area contributed by atoms with Crippen LogP contribution in [0.15, 0.2) is 63.7 Å². The number of hydrogen-bond acceptors (Lipinski definition) is 7. The van der Waals surface area contributed by atoms with Gasteiger partial charge in [-0.15, -0.1) is 0 Å². The SMILES string of the molecule is CCOc1ccc(N=C2SC(=Cc3ccc(O)c(C)c3)C(O)=C2C(=O)OC)cc1. The van der Waals surface area contributed by atoms with Crippen LogP contribution >= 0.6 is 11.8 Å². The summed E-state index contributed by atoms with van der Waals surface area (Å²) in [6.45, 7) is 4.26. The number of phenols is 1. The number of ether oxygens (including phenoxy) is 2. The van der Waals surface area contributed by atoms with Crippen molar-refractivity contribution in [3.05, 3.63) is 69.8 Å². The first kappa shape index (κ1) is 20.5. The number of benzene rings is 2. The van der Waals surface area contributed by atoms with Crippen molar-refractivity contribution in [3.8, 4) is 11.5 Å². The maximum Gasteiger partial charge on any atom is 0.344 e. The van der Waals surface area contributed by atoms with Gasteiger partial charge in [-0.1, -0.05) is 17.8 Å². The van der Waals surface area contributed by atoms with E-state index in [0.717, 1.165) is 11.3 Å². The highest BCUT2D eigenvalue weighted by Gasteiger charge is 2.33. The van der Waals surface area contributed by atoms with E-state index in [1.54, 1.807) is 55.5 Å². The molecule has 2 N–H and O–H groups in total. The monoisotopic (exact) mass is 411 g/mol. The first-order chi connectivity index (χ1) is 13.9. The smallest absolute Gasteiger partial charge is 0.344 e. The second-order valence-corrected chi connectivity index (χ2v) is 7.25. The van der Waals surface area contributed by atoms with Crippen molar-refractivity contribution < 1.29 is 24.5 Å². The lowest BCUT2D eigenvalue weighted by atomic mass is 10.1. The predicted molar refractivity (Wildman–Crippen MR) is 115 cm³/mol. The van der Waals surface area contributed by atoms with Gasteiger partial charge in [0.05, 0.1) is 24.3 Å². The Balaban J connectivity index is 1.98. The Kier molecular flexibility index (Phi) is 6.29. The van der Waals surface area contributed by atoms with E-state index >= 15 is 0 Å². The summed E-state index contributed by atoms with van der Waals surface area (Å²) in [4.78, 5) is 17.2. The number of thioether (sulfide) groups is 1. The molecule has 1 heterocycles. The Morgan fingerprint density at radius 1 is 1.17 bits per heavy atom. The Morgan fingerprint density at radius 3 is 2.52 bits per heavy atom. The molecule has 0 unspecified atom stereocenters. The van der Waals surface area contributed by atoms with Crippen molar-refractivity contribution in [3.63, 3.8) is 0 Å². The Bertz CT molecular complexity index is 1020. The van der Waals surface area contributed by atoms with Crippen LogP contribution in [0.3, 0.4) is 0 Å². The van der Waals surface area contributed by atoms with Crippen molar-refractivity contribution in [1.29, 1.82) is 0 Å². The van der Waals surface area contributed by atoms with Crippen LogP contribution in [0.5, 0.6) is 11.5 Å². The highest BCUT2D eigenvalue weighted by Crippen LogP contribution is 2.40. The third-order valence-corrected chi connectivity index (χ3v) is 5.20. The first-order valence-electron chi connectivity index (χ1n) is 8.96. The molecule has 0 radical (unpaired) electrons. The molecule has 3 rings (SSSR count). The fourth-order valence-corrected chi connectivity index (χ4v) is 3.75. The van der Waals surface area contributed by atoms with E-state index in [9.17, 15) is 15.0 Å². The molecule has 0 aliphatic carbocycles. The number of aliphatic hydroxyl groups is 1. The number of rotatable bonds is 5. The largest absolute Gasteiger partial charge is 0.508 e. The minimum absolute atomic E-state index is 0.0214. The van der Waals surface area contributed by atoms with Gasteiger partial charge in [-0.2, -0.15) is 0 Å². The molecule has 1 aliphatic rings. The highest BCUT2D eigenvalue weighted by molar-refractivity contribution is 8.18. The summed E-state index contributed by atoms with van der Waals surface area (Å²) in [6.07, 6.45) is 1.73. The third-order valence-electron chi connectivity index (χ3n) is 4.18. The molecule has 7 heteroatoms. The van der Waals surface area contributed by atoms with Crippen LogP contribution in [0, 0.1) is 6.92 Å². The Morgan fingerprint density at radius 2 is 1.90 bits per heavy atom. The predicted octanol–water partition coefficient (Wildman–Crippen LogP) is 4.90. The van der Waals surface area contributed by atoms with Crippen LogP contribution in [0.25, 0.3) is 6.08 Å². The molecule has 1 aliphatic heterocycles. The van der Waals surface area contributed by atoms with Crippen molar-refractivity contribution in [2.75, 3.05) is 13.7 Å². The van der Waals surface area contributed by atoms with Gasteiger partial charge in [0.25, 0.3) is 0 Å². The standard InChI is InChI=1S/C22H21NO5S/c1-4-28-16-8-6-15(7-9-16)23-21-19(22(26)27-3)20(25)18(29-21)12-14-5-10-17(24)13(2)11-14/h5-12,24-25H,4H2,1-3H3. The topological polar surface area (TPSA) is 88.4 Å². The Labute approximate surface area is 173 Å². The van der Waals surface area contributed by atoms with Crippen LogP contribution in [0.1, 0.15) is 18.1 Å². The molecule has 0 fully saturated rings. The summed E-state index contributed by atoms with van der Waals surface area (Å²) >= 11 is 1.18. The number of aliphatic hydroxyl groups excluding tert-OH is 1. The van der Waals surface area contributed by atoms with Gasteiger partial charge in [0.15, 0.2) is 0 Å². The van der Waals surface area contributed by atoms with Crippen molar-refractivity contribution in [2.45, 2.75) is 13.8 Å². The van der Waals surface area contributed by atoms with E-state index in [0.29, 0.717) is 27.8 Å². The van der Waals surface area contributed by atoms with E-state index in [1.165, 1.54) is 18.9 Å². The molecule has 0 saturated carbocycles. The molecule has 6 nitrogen and oxygen atoms in total. The number of aromatic hydroxyl groups is 1. The third kappa shape index (κ3) is 4.63. The van der Waals surface area contributed by atoms with E-state index < -0.39 is 5.97 Å². The quantitative estimate of drug-likeness (QED) is 0.680. The molecular weight excluding hydrogens is 390 g/mol. The lowest BCUT2D eigenvalue weighted by Gasteiger charge is -2.04. The number of methoxy groups -OCH3 is 1. The van der Waals surface area contributed by atoms with Crippen LogP contribution in [-0.2, 0) is 9.53 Å². The molecule has 0 saturated heterocycles. The lowest BCUT2D eigenvalue weighted by Crippen LogP contribution is -2.10. The van der Waals surface area contributed by atoms with Gasteiger partial charge < -0.3 is 19.7 Å². The average molecular weight is 411 g/mol. The van der Waals surface area contributed by atoms with E-state index in [2.05, 4.69) is 4.99 Å². The fourth-order valence-electron chi connectivity index (χ4n) is 2.71. The first-order valence-corrected chi connectivity index (χ1v) is 9.77. The minimum atomic E-state index is -0.662. The molecule has 29 heavy (non-hydrogen) atoms. The summed E-state index contributed by atoms with van der Waals surface area (Å²) in [7, 11) is 1.26. The molecule has 0 amide bonds. The van der Waals surface area contributed by atoms with Gasteiger partial charge >= 0.3 is 5.97 Å². The number of hydrogen-bond donors (Lipinski definition) is 2. The number of phenolic OH excluding ortho intramolecular Hbond substituents is 1. The average Bonchev–Trinajstić information content (AvgIpc) is 3.01. The number of carbonyl (C=O) groups is 1. The van der Waals surface area contributed by atoms with Crippen LogP contribution in [0.2, 0.25) is 0 Å². The number of carbonyl (C=O) groups excluding carboxylic acids is 1. The van der Waals surface area contributed by atoms with Gasteiger partial charge in [0.2, 0.25) is 0 Å². The number of esters is 1. The summed E-state index contributed by atoms with van der Waals surface area (Å²) in [5, 5.41) is 20.7. The van der Waals surface area contributed by atoms with E-state index in [-0.39, 0.29) is 17.1 Å². The molecular formula is C22H21NO5S. The normalized spacial score (nSPS) is 16.5. The zero-order valence-corrected chi connectivity index (χ0v) is 17.1. The number of aliphatic imine (C=N–C) groups is 1. The maximum atomic E-state index is 12.2. The molecule has 0 spiro atoms. The van der Waals surface area contributed by atoms with Gasteiger partial charge in [0, 0.05) is 0 Å². The molecule has 0 atom stereocenters.